The number of aliphatic carboxylic acids is 1. The summed E-state index contributed by atoms with van der Waals surface area (Å²) >= 11 is 0. The summed E-state index contributed by atoms with van der Waals surface area (Å²) in [4.78, 5) is 22.1. The molecule has 102 valence electrons. The van der Waals surface area contributed by atoms with Crippen LogP contribution >= 0.6 is 0 Å². The quantitative estimate of drug-likeness (QED) is 0.647. The van der Waals surface area contributed by atoms with Crippen LogP contribution in [0.5, 0.6) is 0 Å². The predicted molar refractivity (Wildman–Crippen MR) is 61.0 cm³/mol. The summed E-state index contributed by atoms with van der Waals surface area (Å²) in [5, 5.41) is 11.2. The molecule has 1 atom stereocenters. The van der Waals surface area contributed by atoms with Crippen LogP contribution in [0.4, 0.5) is 4.79 Å². The maximum atomic E-state index is 11.2. The Morgan fingerprint density at radius 2 is 2.17 bits per heavy atom. The van der Waals surface area contributed by atoms with Crippen LogP contribution in [-0.4, -0.2) is 49.3 Å². The Labute approximate surface area is 105 Å². The predicted octanol–water partition coefficient (Wildman–Crippen LogP) is 0.505. The zero-order valence-corrected chi connectivity index (χ0v) is 9.96. The van der Waals surface area contributed by atoms with Crippen molar-refractivity contribution >= 4 is 12.1 Å². The Morgan fingerprint density at radius 1 is 1.50 bits per heavy atom. The monoisotopic (exact) mass is 259 g/mol. The summed E-state index contributed by atoms with van der Waals surface area (Å²) in [5.41, 5.74) is 0. The van der Waals surface area contributed by atoms with Gasteiger partial charge in [-0.3, -0.25) is 0 Å². The summed E-state index contributed by atoms with van der Waals surface area (Å²) in [7, 11) is 0. The van der Waals surface area contributed by atoms with E-state index < -0.39 is 24.4 Å². The fourth-order valence-corrected chi connectivity index (χ4v) is 1.45. The van der Waals surface area contributed by atoms with Crippen LogP contribution < -0.4 is 5.32 Å². The van der Waals surface area contributed by atoms with E-state index in [0.717, 1.165) is 0 Å². The third-order valence-corrected chi connectivity index (χ3v) is 2.30. The van der Waals surface area contributed by atoms with Gasteiger partial charge in [-0.25, -0.2) is 9.59 Å². The van der Waals surface area contributed by atoms with E-state index in [1.54, 1.807) is 0 Å². The summed E-state index contributed by atoms with van der Waals surface area (Å²) in [5.74, 6) is -1.12. The minimum absolute atomic E-state index is 0.0347. The second-order valence-electron chi connectivity index (χ2n) is 3.67. The number of rotatable bonds is 7. The van der Waals surface area contributed by atoms with E-state index in [0.29, 0.717) is 19.6 Å². The molecule has 18 heavy (non-hydrogen) atoms. The van der Waals surface area contributed by atoms with Crippen LogP contribution in [-0.2, 0) is 19.0 Å². The third kappa shape index (κ3) is 5.15. The maximum Gasteiger partial charge on any atom is 0.408 e. The van der Waals surface area contributed by atoms with Crippen molar-refractivity contribution in [2.45, 2.75) is 25.2 Å². The average molecular weight is 259 g/mol. The number of carbonyl (C=O) groups excluding carboxylic acids is 1. The van der Waals surface area contributed by atoms with Gasteiger partial charge in [0.2, 0.25) is 0 Å². The van der Waals surface area contributed by atoms with E-state index in [2.05, 4.69) is 16.6 Å². The van der Waals surface area contributed by atoms with E-state index in [1.165, 1.54) is 6.08 Å². The van der Waals surface area contributed by atoms with Gasteiger partial charge in [-0.1, -0.05) is 12.7 Å². The van der Waals surface area contributed by atoms with Gasteiger partial charge < -0.3 is 24.6 Å². The molecule has 1 heterocycles. The molecular formula is C11H17NO6. The highest BCUT2D eigenvalue weighted by molar-refractivity contribution is 5.79. The Bertz CT molecular complexity index is 300. The van der Waals surface area contributed by atoms with Crippen molar-refractivity contribution in [3.05, 3.63) is 12.7 Å². The van der Waals surface area contributed by atoms with E-state index >= 15 is 0 Å². The Hall–Kier alpha value is -1.60. The number of ether oxygens (including phenoxy) is 3. The van der Waals surface area contributed by atoms with Crippen LogP contribution in [0.15, 0.2) is 12.7 Å². The number of hydrogen-bond donors (Lipinski definition) is 2. The standard InChI is InChI=1S/C11H17NO6/c1-2-5-18-11(15)12-8(10(13)14)3-4-9-16-6-7-17-9/h2,8-9H,1,3-7H2,(H,12,15)(H,13,14). The van der Waals surface area contributed by atoms with E-state index in [1.807, 2.05) is 0 Å². The fourth-order valence-electron chi connectivity index (χ4n) is 1.45. The molecule has 1 saturated heterocycles. The van der Waals surface area contributed by atoms with Gasteiger partial charge >= 0.3 is 12.1 Å². The summed E-state index contributed by atoms with van der Waals surface area (Å²) in [6.07, 6.45) is 0.839. The van der Waals surface area contributed by atoms with Crippen molar-refractivity contribution < 1.29 is 28.9 Å². The lowest BCUT2D eigenvalue weighted by atomic mass is 10.1. The molecule has 1 rings (SSSR count). The Morgan fingerprint density at radius 3 is 2.72 bits per heavy atom. The maximum absolute atomic E-state index is 11.2. The van der Waals surface area contributed by atoms with E-state index in [4.69, 9.17) is 14.6 Å². The molecule has 1 unspecified atom stereocenters. The van der Waals surface area contributed by atoms with Gasteiger partial charge in [0.1, 0.15) is 12.6 Å². The molecule has 2 N–H and O–H groups in total. The van der Waals surface area contributed by atoms with Gasteiger partial charge in [0.15, 0.2) is 6.29 Å². The van der Waals surface area contributed by atoms with Crippen molar-refractivity contribution in [2.24, 2.45) is 0 Å². The zero-order valence-electron chi connectivity index (χ0n) is 9.96. The smallest absolute Gasteiger partial charge is 0.408 e. The van der Waals surface area contributed by atoms with Gasteiger partial charge in [0, 0.05) is 6.42 Å². The first-order valence-electron chi connectivity index (χ1n) is 5.63. The molecule has 0 aromatic carbocycles. The normalized spacial score (nSPS) is 17.1. The molecule has 1 amide bonds. The molecule has 7 nitrogen and oxygen atoms in total. The number of hydrogen-bond acceptors (Lipinski definition) is 5. The van der Waals surface area contributed by atoms with Crippen molar-refractivity contribution in [3.8, 4) is 0 Å². The number of carbonyl (C=O) groups is 2. The first kappa shape index (κ1) is 14.5. The summed E-state index contributed by atoms with van der Waals surface area (Å²) in [6.45, 7) is 4.44. The van der Waals surface area contributed by atoms with Crippen molar-refractivity contribution in [3.63, 3.8) is 0 Å². The summed E-state index contributed by atoms with van der Waals surface area (Å²) in [6, 6.07) is -1.02. The first-order valence-corrected chi connectivity index (χ1v) is 5.63. The second-order valence-corrected chi connectivity index (χ2v) is 3.67. The van der Waals surface area contributed by atoms with Crippen LogP contribution in [0, 0.1) is 0 Å². The molecule has 0 aromatic heterocycles. The number of nitrogens with one attached hydrogen (secondary N) is 1. The Kier molecular flexibility index (Phi) is 6.16. The molecule has 0 radical (unpaired) electrons. The highest BCUT2D eigenvalue weighted by Gasteiger charge is 2.24. The lowest BCUT2D eigenvalue weighted by Crippen LogP contribution is -2.41. The SMILES string of the molecule is C=CCOC(=O)NC(CCC1OCCO1)C(=O)O. The van der Waals surface area contributed by atoms with E-state index in [9.17, 15) is 9.59 Å². The van der Waals surface area contributed by atoms with Gasteiger partial charge in [-0.15, -0.1) is 0 Å². The largest absolute Gasteiger partial charge is 0.480 e. The molecular weight excluding hydrogens is 242 g/mol. The lowest BCUT2D eigenvalue weighted by Gasteiger charge is -2.15. The van der Waals surface area contributed by atoms with Crippen molar-refractivity contribution in [2.75, 3.05) is 19.8 Å². The molecule has 0 saturated carbocycles. The topological polar surface area (TPSA) is 94.1 Å². The van der Waals surface area contributed by atoms with Crippen LogP contribution in [0.2, 0.25) is 0 Å². The fraction of sp³-hybridized carbons (Fsp3) is 0.636. The zero-order chi connectivity index (χ0) is 13.4. The number of carboxylic acid groups (broad SMARTS) is 1. The van der Waals surface area contributed by atoms with Crippen LogP contribution in [0.25, 0.3) is 0 Å². The van der Waals surface area contributed by atoms with Gasteiger partial charge in [-0.05, 0) is 6.42 Å². The second kappa shape index (κ2) is 7.67. The summed E-state index contributed by atoms with van der Waals surface area (Å²) < 4.78 is 15.0. The third-order valence-electron chi connectivity index (χ3n) is 2.30. The number of amides is 1. The van der Waals surface area contributed by atoms with Crippen LogP contribution in [0.1, 0.15) is 12.8 Å². The molecule has 0 spiro atoms. The molecule has 1 fully saturated rings. The van der Waals surface area contributed by atoms with E-state index in [-0.39, 0.29) is 13.0 Å². The Balaban J connectivity index is 2.31. The molecule has 0 aromatic rings. The van der Waals surface area contributed by atoms with Gasteiger partial charge in [0.25, 0.3) is 0 Å². The molecule has 7 heteroatoms. The molecule has 0 bridgehead atoms. The van der Waals surface area contributed by atoms with Gasteiger partial charge in [-0.2, -0.15) is 0 Å². The molecule has 0 aliphatic carbocycles. The highest BCUT2D eigenvalue weighted by atomic mass is 16.7. The molecule has 1 aliphatic heterocycles. The lowest BCUT2D eigenvalue weighted by molar-refractivity contribution is -0.140. The average Bonchev–Trinajstić information content (AvgIpc) is 2.84. The minimum Gasteiger partial charge on any atom is -0.480 e. The molecule has 1 aliphatic rings. The van der Waals surface area contributed by atoms with Crippen molar-refractivity contribution in [1.29, 1.82) is 0 Å². The van der Waals surface area contributed by atoms with Gasteiger partial charge in [0.05, 0.1) is 13.2 Å². The van der Waals surface area contributed by atoms with Crippen LogP contribution in [0.3, 0.4) is 0 Å². The first-order chi connectivity index (χ1) is 8.63. The number of carboxylic acids is 1. The van der Waals surface area contributed by atoms with Crippen molar-refractivity contribution in [1.82, 2.24) is 5.32 Å². The minimum atomic E-state index is -1.12. The number of alkyl carbamates (subject to hydrolysis) is 1. The highest BCUT2D eigenvalue weighted by Crippen LogP contribution is 2.12.